The van der Waals surface area contributed by atoms with Crippen molar-refractivity contribution in [3.05, 3.63) is 57.2 Å². The summed E-state index contributed by atoms with van der Waals surface area (Å²) < 4.78 is 20.6. The number of fused-ring (bicyclic) bond motifs is 1. The van der Waals surface area contributed by atoms with Gasteiger partial charge in [0.15, 0.2) is 0 Å². The van der Waals surface area contributed by atoms with Gasteiger partial charge >= 0.3 is 0 Å². The van der Waals surface area contributed by atoms with E-state index in [1.807, 2.05) is 6.92 Å². The second-order valence-electron chi connectivity index (χ2n) is 5.27. The van der Waals surface area contributed by atoms with E-state index in [1.54, 1.807) is 18.2 Å². The molecule has 0 aliphatic rings. The Labute approximate surface area is 154 Å². The average molecular weight is 389 g/mol. The van der Waals surface area contributed by atoms with Gasteiger partial charge in [0.1, 0.15) is 10.8 Å². The van der Waals surface area contributed by atoms with Crippen LogP contribution in [0, 0.1) is 5.82 Å². The predicted octanol–water partition coefficient (Wildman–Crippen LogP) is 3.19. The molecule has 0 atom stereocenters. The molecule has 0 aliphatic heterocycles. The summed E-state index contributed by atoms with van der Waals surface area (Å²) in [5.74, 6) is 0.0678. The maximum absolute atomic E-state index is 13.8. The van der Waals surface area contributed by atoms with Crippen molar-refractivity contribution in [2.24, 2.45) is 0 Å². The van der Waals surface area contributed by atoms with Gasteiger partial charge in [-0.1, -0.05) is 42.2 Å². The minimum absolute atomic E-state index is 0.115. The number of aryl methyl sites for hydroxylation is 1. The minimum Gasteiger partial charge on any atom is -0.411 e. The van der Waals surface area contributed by atoms with Crippen LogP contribution in [-0.4, -0.2) is 24.8 Å². The van der Waals surface area contributed by atoms with E-state index in [0.29, 0.717) is 16.4 Å². The fourth-order valence-corrected chi connectivity index (χ4v) is 3.77. The molecule has 0 bridgehead atoms. The smallest absolute Gasteiger partial charge is 0.277 e. The highest BCUT2D eigenvalue weighted by Crippen LogP contribution is 2.26. The molecule has 3 heterocycles. The van der Waals surface area contributed by atoms with Crippen LogP contribution in [0.1, 0.15) is 17.6 Å². The van der Waals surface area contributed by atoms with E-state index in [0.717, 1.165) is 11.4 Å². The van der Waals surface area contributed by atoms with Crippen LogP contribution < -0.4 is 5.56 Å². The minimum atomic E-state index is -0.426. The zero-order valence-corrected chi connectivity index (χ0v) is 15.2. The van der Waals surface area contributed by atoms with Crippen molar-refractivity contribution in [2.75, 3.05) is 0 Å². The van der Waals surface area contributed by atoms with Gasteiger partial charge in [-0.05, 0) is 18.6 Å². The summed E-state index contributed by atoms with van der Waals surface area (Å²) in [6.07, 6.45) is 0.748. The Morgan fingerprint density at radius 3 is 2.96 bits per heavy atom. The highest BCUT2D eigenvalue weighted by atomic mass is 32.2. The van der Waals surface area contributed by atoms with Crippen molar-refractivity contribution in [1.29, 1.82) is 0 Å². The Morgan fingerprint density at radius 1 is 1.31 bits per heavy atom. The summed E-state index contributed by atoms with van der Waals surface area (Å²) in [7, 11) is 0. The van der Waals surface area contributed by atoms with Crippen molar-refractivity contribution in [3.8, 4) is 11.5 Å². The lowest BCUT2D eigenvalue weighted by atomic mass is 10.2. The van der Waals surface area contributed by atoms with E-state index >= 15 is 0 Å². The van der Waals surface area contributed by atoms with Crippen LogP contribution in [0.4, 0.5) is 4.39 Å². The highest BCUT2D eigenvalue weighted by Gasteiger charge is 2.14. The van der Waals surface area contributed by atoms with Gasteiger partial charge in [0.05, 0.1) is 11.3 Å². The lowest BCUT2D eigenvalue weighted by Gasteiger charge is -1.98. The Bertz CT molecular complexity index is 1140. The first-order chi connectivity index (χ1) is 12.6. The number of aromatic nitrogens is 5. The molecule has 1 aromatic carbocycles. The fourth-order valence-electron chi connectivity index (χ4n) is 2.26. The van der Waals surface area contributed by atoms with E-state index in [2.05, 4.69) is 20.3 Å². The summed E-state index contributed by atoms with van der Waals surface area (Å²) in [4.78, 5) is 17.1. The molecule has 0 saturated heterocycles. The van der Waals surface area contributed by atoms with Crippen molar-refractivity contribution >= 4 is 28.1 Å². The molecule has 0 spiro atoms. The van der Waals surface area contributed by atoms with Gasteiger partial charge in [0.2, 0.25) is 4.96 Å². The van der Waals surface area contributed by atoms with E-state index in [-0.39, 0.29) is 22.2 Å². The van der Waals surface area contributed by atoms with Gasteiger partial charge in [-0.3, -0.25) is 4.79 Å². The topological polar surface area (TPSA) is 86.2 Å². The number of nitrogens with zero attached hydrogens (tertiary/aromatic N) is 5. The highest BCUT2D eigenvalue weighted by molar-refractivity contribution is 7.98. The molecule has 0 amide bonds. The molecular formula is C16H12FN5O2S2. The van der Waals surface area contributed by atoms with Crippen molar-refractivity contribution in [2.45, 2.75) is 24.3 Å². The quantitative estimate of drug-likeness (QED) is 0.485. The Morgan fingerprint density at radius 2 is 2.15 bits per heavy atom. The molecule has 10 heteroatoms. The van der Waals surface area contributed by atoms with E-state index in [4.69, 9.17) is 4.42 Å². The molecule has 26 heavy (non-hydrogen) atoms. The normalized spacial score (nSPS) is 11.3. The summed E-state index contributed by atoms with van der Waals surface area (Å²) >= 11 is 2.62. The number of halogens is 1. The molecule has 4 aromatic rings. The van der Waals surface area contributed by atoms with Gasteiger partial charge in [0.25, 0.3) is 16.7 Å². The summed E-state index contributed by atoms with van der Waals surface area (Å²) in [6.45, 7) is 1.97. The van der Waals surface area contributed by atoms with E-state index in [9.17, 15) is 9.18 Å². The molecule has 0 saturated carbocycles. The first-order valence-corrected chi connectivity index (χ1v) is 9.54. The second-order valence-corrected chi connectivity index (χ2v) is 7.24. The monoisotopic (exact) mass is 389 g/mol. The SMILES string of the molecule is CCc1nn2c(=O)cc(CSc3nnc(-c4ccccc4F)o3)nc2s1. The number of hydrogen-bond acceptors (Lipinski definition) is 8. The standard InChI is InChI=1S/C16H12FN5O2S2/c1-2-12-21-22-13(23)7-9(18-15(22)26-12)8-25-16-20-19-14(24-16)10-5-3-4-6-11(10)17/h3-7H,2,8H2,1H3. The van der Waals surface area contributed by atoms with Gasteiger partial charge in [-0.2, -0.15) is 9.61 Å². The summed E-state index contributed by atoms with van der Waals surface area (Å²) in [6, 6.07) is 7.63. The maximum atomic E-state index is 13.8. The van der Waals surface area contributed by atoms with Crippen molar-refractivity contribution < 1.29 is 8.81 Å². The summed E-state index contributed by atoms with van der Waals surface area (Å²) in [5, 5.41) is 13.1. The first-order valence-electron chi connectivity index (χ1n) is 7.74. The lowest BCUT2D eigenvalue weighted by Crippen LogP contribution is -2.15. The first kappa shape index (κ1) is 16.9. The van der Waals surface area contributed by atoms with Crippen LogP contribution in [0.5, 0.6) is 0 Å². The van der Waals surface area contributed by atoms with Crippen LogP contribution in [0.2, 0.25) is 0 Å². The van der Waals surface area contributed by atoms with Crippen LogP contribution in [0.3, 0.4) is 0 Å². The number of hydrogen-bond donors (Lipinski definition) is 0. The third kappa shape index (κ3) is 3.25. The number of rotatable bonds is 5. The van der Waals surface area contributed by atoms with Crippen LogP contribution in [-0.2, 0) is 12.2 Å². The molecule has 4 rings (SSSR count). The molecular weight excluding hydrogens is 377 g/mol. The van der Waals surface area contributed by atoms with E-state index < -0.39 is 5.82 Å². The predicted molar refractivity (Wildman–Crippen MR) is 95.8 cm³/mol. The Kier molecular flexibility index (Phi) is 4.51. The number of thioether (sulfide) groups is 1. The van der Waals surface area contributed by atoms with Crippen LogP contribution in [0.15, 0.2) is 44.8 Å². The van der Waals surface area contributed by atoms with Gasteiger partial charge in [-0.25, -0.2) is 9.37 Å². The van der Waals surface area contributed by atoms with Crippen LogP contribution in [0.25, 0.3) is 16.4 Å². The summed E-state index contributed by atoms with van der Waals surface area (Å²) in [5.41, 5.74) is 0.623. The molecule has 3 aromatic heterocycles. The van der Waals surface area contributed by atoms with Gasteiger partial charge in [-0.15, -0.1) is 10.2 Å². The average Bonchev–Trinajstić information content (AvgIpc) is 3.27. The van der Waals surface area contributed by atoms with Crippen molar-refractivity contribution in [1.82, 2.24) is 24.8 Å². The third-order valence-electron chi connectivity index (χ3n) is 3.50. The van der Waals surface area contributed by atoms with E-state index in [1.165, 1.54) is 39.7 Å². The molecule has 0 N–H and O–H groups in total. The third-order valence-corrected chi connectivity index (χ3v) is 5.40. The Hall–Kier alpha value is -2.59. The molecule has 0 fully saturated rings. The van der Waals surface area contributed by atoms with Crippen LogP contribution >= 0.6 is 23.1 Å². The Balaban J connectivity index is 1.54. The van der Waals surface area contributed by atoms with Crippen molar-refractivity contribution in [3.63, 3.8) is 0 Å². The van der Waals surface area contributed by atoms with Gasteiger partial charge < -0.3 is 4.42 Å². The number of benzene rings is 1. The molecule has 0 radical (unpaired) electrons. The molecule has 0 unspecified atom stereocenters. The molecule has 7 nitrogen and oxygen atoms in total. The largest absolute Gasteiger partial charge is 0.411 e. The van der Waals surface area contributed by atoms with Gasteiger partial charge in [0, 0.05) is 11.8 Å². The second kappa shape index (κ2) is 6.96. The maximum Gasteiger partial charge on any atom is 0.277 e. The zero-order valence-electron chi connectivity index (χ0n) is 13.5. The molecule has 132 valence electrons. The zero-order chi connectivity index (χ0) is 18.1. The lowest BCUT2D eigenvalue weighted by molar-refractivity contribution is 0.462. The molecule has 0 aliphatic carbocycles. The fraction of sp³-hybridized carbons (Fsp3) is 0.188.